The molecule has 8 heteroatoms. The molecule has 0 unspecified atom stereocenters. The van der Waals surface area contributed by atoms with Gasteiger partial charge in [-0.15, -0.1) is 0 Å². The second kappa shape index (κ2) is 7.48. The molecule has 0 spiro atoms. The molecule has 7 nitrogen and oxygen atoms in total. The van der Waals surface area contributed by atoms with E-state index in [1.165, 1.54) is 4.90 Å². The first-order chi connectivity index (χ1) is 12.7. The second-order valence-electron chi connectivity index (χ2n) is 6.68. The van der Waals surface area contributed by atoms with Gasteiger partial charge in [0, 0.05) is 24.1 Å². The van der Waals surface area contributed by atoms with Crippen LogP contribution in [0.4, 0.5) is 5.82 Å². The average molecular weight is 387 g/mol. The lowest BCUT2D eigenvalue weighted by Gasteiger charge is -2.26. The van der Waals surface area contributed by atoms with Crippen molar-refractivity contribution in [3.8, 4) is 0 Å². The maximum Gasteiger partial charge on any atom is 0.255 e. The van der Waals surface area contributed by atoms with Crippen molar-refractivity contribution in [2.45, 2.75) is 25.9 Å². The monoisotopic (exact) mass is 387 g/mol. The van der Waals surface area contributed by atoms with Gasteiger partial charge in [0.15, 0.2) is 0 Å². The molecule has 2 heterocycles. The van der Waals surface area contributed by atoms with Crippen molar-refractivity contribution in [1.82, 2.24) is 9.88 Å². The number of nitrogens with zero attached hydrogens (tertiary/aromatic N) is 2. The summed E-state index contributed by atoms with van der Waals surface area (Å²) in [6, 6.07) is 11.5. The Bertz CT molecular complexity index is 988. The summed E-state index contributed by atoms with van der Waals surface area (Å²) in [5.41, 5.74) is 2.11. The fourth-order valence-electron chi connectivity index (χ4n) is 3.10. The number of nitrogens with one attached hydrogen (secondary N) is 1. The Kier molecular flexibility index (Phi) is 5.27. The first-order valence-corrected chi connectivity index (χ1v) is 10.6. The Morgan fingerprint density at radius 3 is 2.63 bits per heavy atom. The van der Waals surface area contributed by atoms with Gasteiger partial charge in [0.2, 0.25) is 5.91 Å². The molecule has 0 fully saturated rings. The lowest BCUT2D eigenvalue weighted by Crippen LogP contribution is -2.45. The molecular formula is C19H21N3O4S. The third-order valence-electron chi connectivity index (χ3n) is 4.43. The Hall–Kier alpha value is -2.74. The van der Waals surface area contributed by atoms with E-state index >= 15 is 0 Å². The molecule has 1 aromatic heterocycles. The molecule has 2 amide bonds. The van der Waals surface area contributed by atoms with Crippen LogP contribution in [0.5, 0.6) is 0 Å². The molecular weight excluding hydrogens is 366 g/mol. The van der Waals surface area contributed by atoms with Crippen LogP contribution < -0.4 is 5.32 Å². The van der Waals surface area contributed by atoms with Crippen LogP contribution in [-0.2, 0) is 21.2 Å². The highest BCUT2D eigenvalue weighted by Gasteiger charge is 2.36. The van der Waals surface area contributed by atoms with Gasteiger partial charge >= 0.3 is 0 Å². The summed E-state index contributed by atoms with van der Waals surface area (Å²) in [7, 11) is -3.28. The van der Waals surface area contributed by atoms with E-state index in [2.05, 4.69) is 10.3 Å². The molecule has 2 aromatic rings. The quantitative estimate of drug-likeness (QED) is 0.815. The van der Waals surface area contributed by atoms with Crippen LogP contribution in [0.2, 0.25) is 0 Å². The van der Waals surface area contributed by atoms with Crippen LogP contribution in [0, 0.1) is 6.92 Å². The highest BCUT2D eigenvalue weighted by atomic mass is 32.2. The zero-order valence-electron chi connectivity index (χ0n) is 15.2. The van der Waals surface area contributed by atoms with Crippen LogP contribution in [0.15, 0.2) is 42.5 Å². The Labute approximate surface area is 158 Å². The number of aromatic nitrogens is 1. The number of aryl methyl sites for hydroxylation is 1. The lowest BCUT2D eigenvalue weighted by molar-refractivity contribution is -0.120. The van der Waals surface area contributed by atoms with Gasteiger partial charge in [-0.2, -0.15) is 0 Å². The predicted octanol–water partition coefficient (Wildman–Crippen LogP) is 1.79. The molecule has 0 aliphatic carbocycles. The van der Waals surface area contributed by atoms with Gasteiger partial charge in [0.05, 0.1) is 5.75 Å². The van der Waals surface area contributed by atoms with Crippen molar-refractivity contribution < 1.29 is 18.0 Å². The number of carbonyl (C=O) groups excluding carboxylic acids is 2. The number of anilines is 1. The Morgan fingerprint density at radius 2 is 1.96 bits per heavy atom. The van der Waals surface area contributed by atoms with Gasteiger partial charge in [-0.25, -0.2) is 13.4 Å². The molecule has 1 aromatic carbocycles. The number of pyridine rings is 1. The van der Waals surface area contributed by atoms with Gasteiger partial charge in [0.25, 0.3) is 5.91 Å². The molecule has 142 valence electrons. The van der Waals surface area contributed by atoms with Gasteiger partial charge in [-0.05, 0) is 37.1 Å². The maximum atomic E-state index is 12.9. The SMILES string of the molecule is Cc1cccc(NC(=O)[C@H](CCS(C)(=O)=O)N2Cc3ccccc3C2=O)n1. The average Bonchev–Trinajstić information content (AvgIpc) is 2.91. The first-order valence-electron chi connectivity index (χ1n) is 8.56. The topological polar surface area (TPSA) is 96.4 Å². The van der Waals surface area contributed by atoms with Crippen LogP contribution in [-0.4, -0.2) is 48.2 Å². The van der Waals surface area contributed by atoms with E-state index in [1.54, 1.807) is 37.3 Å². The largest absolute Gasteiger partial charge is 0.322 e. The minimum absolute atomic E-state index is 0.0240. The number of fused-ring (bicyclic) bond motifs is 1. The molecule has 1 atom stereocenters. The lowest BCUT2D eigenvalue weighted by atomic mass is 10.1. The third kappa shape index (κ3) is 4.51. The highest BCUT2D eigenvalue weighted by molar-refractivity contribution is 7.90. The number of sulfone groups is 1. The number of amides is 2. The molecule has 1 aliphatic rings. The van der Waals surface area contributed by atoms with Crippen molar-refractivity contribution in [3.05, 3.63) is 59.3 Å². The zero-order valence-corrected chi connectivity index (χ0v) is 16.0. The number of hydrogen-bond acceptors (Lipinski definition) is 5. The number of benzene rings is 1. The molecule has 0 radical (unpaired) electrons. The van der Waals surface area contributed by atoms with Gasteiger partial charge in [0.1, 0.15) is 21.7 Å². The normalized spacial score (nSPS) is 14.7. The van der Waals surface area contributed by atoms with Gasteiger partial charge < -0.3 is 10.2 Å². The third-order valence-corrected chi connectivity index (χ3v) is 5.41. The fourth-order valence-corrected chi connectivity index (χ4v) is 3.76. The maximum absolute atomic E-state index is 12.9. The molecule has 0 saturated heterocycles. The smallest absolute Gasteiger partial charge is 0.255 e. The van der Waals surface area contributed by atoms with Crippen molar-refractivity contribution in [3.63, 3.8) is 0 Å². The standard InChI is InChI=1S/C19H21N3O4S/c1-13-6-5-9-17(20-13)21-18(23)16(10-11-27(2,25)26)22-12-14-7-3-4-8-15(14)19(22)24/h3-9,16H,10-12H2,1-2H3,(H,20,21,23)/t16-/m0/s1. The van der Waals surface area contributed by atoms with E-state index in [0.29, 0.717) is 11.4 Å². The van der Waals surface area contributed by atoms with Crippen molar-refractivity contribution in [1.29, 1.82) is 0 Å². The van der Waals surface area contributed by atoms with E-state index in [1.807, 2.05) is 12.1 Å². The molecule has 27 heavy (non-hydrogen) atoms. The first kappa shape index (κ1) is 19.0. The van der Waals surface area contributed by atoms with Crippen LogP contribution >= 0.6 is 0 Å². The van der Waals surface area contributed by atoms with Crippen molar-refractivity contribution in [2.75, 3.05) is 17.3 Å². The molecule has 1 N–H and O–H groups in total. The number of carbonyl (C=O) groups is 2. The van der Waals surface area contributed by atoms with E-state index < -0.39 is 21.8 Å². The van der Waals surface area contributed by atoms with E-state index in [9.17, 15) is 18.0 Å². The summed E-state index contributed by atoms with van der Waals surface area (Å²) in [5, 5.41) is 2.70. The Morgan fingerprint density at radius 1 is 1.22 bits per heavy atom. The van der Waals surface area contributed by atoms with Crippen LogP contribution in [0.1, 0.15) is 28.0 Å². The molecule has 1 aliphatic heterocycles. The summed E-state index contributed by atoms with van der Waals surface area (Å²) < 4.78 is 23.3. The predicted molar refractivity (Wildman–Crippen MR) is 102 cm³/mol. The van der Waals surface area contributed by atoms with Gasteiger partial charge in [-0.1, -0.05) is 24.3 Å². The minimum Gasteiger partial charge on any atom is -0.322 e. The molecule has 0 bridgehead atoms. The second-order valence-corrected chi connectivity index (χ2v) is 8.94. The Balaban J connectivity index is 1.85. The summed E-state index contributed by atoms with van der Waals surface area (Å²) in [6.07, 6.45) is 1.14. The van der Waals surface area contributed by atoms with Crippen molar-refractivity contribution >= 4 is 27.5 Å². The summed E-state index contributed by atoms with van der Waals surface area (Å²) in [4.78, 5) is 31.3. The summed E-state index contributed by atoms with van der Waals surface area (Å²) in [6.45, 7) is 2.08. The van der Waals surface area contributed by atoms with Crippen LogP contribution in [0.25, 0.3) is 0 Å². The summed E-state index contributed by atoms with van der Waals surface area (Å²) >= 11 is 0. The van der Waals surface area contributed by atoms with Crippen LogP contribution in [0.3, 0.4) is 0 Å². The van der Waals surface area contributed by atoms with E-state index in [4.69, 9.17) is 0 Å². The molecule has 3 rings (SSSR count). The van der Waals surface area contributed by atoms with Crippen molar-refractivity contribution in [2.24, 2.45) is 0 Å². The molecule has 0 saturated carbocycles. The number of hydrogen-bond donors (Lipinski definition) is 1. The highest BCUT2D eigenvalue weighted by Crippen LogP contribution is 2.26. The van der Waals surface area contributed by atoms with E-state index in [0.717, 1.165) is 17.5 Å². The fraction of sp³-hybridized carbons (Fsp3) is 0.316. The number of rotatable bonds is 6. The van der Waals surface area contributed by atoms with Gasteiger partial charge in [-0.3, -0.25) is 9.59 Å². The minimum atomic E-state index is -3.28. The zero-order chi connectivity index (χ0) is 19.6. The van der Waals surface area contributed by atoms with E-state index in [-0.39, 0.29) is 24.6 Å². The summed E-state index contributed by atoms with van der Waals surface area (Å²) in [5.74, 6) is -0.533.